The Kier molecular flexibility index (Phi) is 5.99. The lowest BCUT2D eigenvalue weighted by Crippen LogP contribution is -2.42. The smallest absolute Gasteiger partial charge is 0.222 e. The number of carbonyl (C=O) groups excluding carboxylic acids is 2. The molecule has 0 radical (unpaired) electrons. The molecule has 1 aromatic rings. The average Bonchev–Trinajstić information content (AvgIpc) is 2.85. The van der Waals surface area contributed by atoms with Gasteiger partial charge in [-0.2, -0.15) is 0 Å². The van der Waals surface area contributed by atoms with E-state index in [1.807, 2.05) is 31.2 Å². The molecule has 1 aliphatic heterocycles. The van der Waals surface area contributed by atoms with E-state index in [1.165, 1.54) is 11.8 Å². The molecule has 132 valence electrons. The molecule has 6 nitrogen and oxygen atoms in total. The molecule has 1 fully saturated rings. The van der Waals surface area contributed by atoms with Crippen LogP contribution < -0.4 is 5.32 Å². The molecule has 0 saturated carbocycles. The van der Waals surface area contributed by atoms with Gasteiger partial charge in [-0.3, -0.25) is 9.59 Å². The van der Waals surface area contributed by atoms with Crippen molar-refractivity contribution in [1.82, 2.24) is 10.2 Å². The molecule has 0 aromatic heterocycles. The lowest BCUT2D eigenvalue weighted by atomic mass is 10.1. The summed E-state index contributed by atoms with van der Waals surface area (Å²) in [6.45, 7) is 4.09. The first-order valence-corrected chi connectivity index (χ1v) is 9.89. The molecule has 1 N–H and O–H groups in total. The highest BCUT2D eigenvalue weighted by molar-refractivity contribution is 7.91. The molecule has 1 aliphatic rings. The molecular weight excluding hydrogens is 328 g/mol. The van der Waals surface area contributed by atoms with Gasteiger partial charge in [-0.15, -0.1) is 0 Å². The van der Waals surface area contributed by atoms with Crippen LogP contribution in [0.2, 0.25) is 0 Å². The average molecular weight is 352 g/mol. The van der Waals surface area contributed by atoms with Crippen LogP contribution in [-0.4, -0.2) is 49.2 Å². The van der Waals surface area contributed by atoms with Gasteiger partial charge in [-0.05, 0) is 18.9 Å². The molecule has 2 rings (SSSR count). The van der Waals surface area contributed by atoms with Crippen LogP contribution in [0.1, 0.15) is 30.9 Å². The van der Waals surface area contributed by atoms with E-state index in [0.29, 0.717) is 13.0 Å². The fraction of sp³-hybridized carbons (Fsp3) is 0.529. The molecule has 7 heteroatoms. The Balaban J connectivity index is 1.83. The number of aryl methyl sites for hydroxylation is 1. The molecule has 1 aromatic carbocycles. The van der Waals surface area contributed by atoms with E-state index in [2.05, 4.69) is 5.32 Å². The predicted molar refractivity (Wildman–Crippen MR) is 92.1 cm³/mol. The summed E-state index contributed by atoms with van der Waals surface area (Å²) in [6, 6.07) is 7.57. The topological polar surface area (TPSA) is 83.6 Å². The summed E-state index contributed by atoms with van der Waals surface area (Å²) >= 11 is 0. The van der Waals surface area contributed by atoms with Gasteiger partial charge in [0.05, 0.1) is 11.5 Å². The molecule has 0 aliphatic carbocycles. The van der Waals surface area contributed by atoms with E-state index in [9.17, 15) is 18.0 Å². The third-order valence-corrected chi connectivity index (χ3v) is 5.96. The van der Waals surface area contributed by atoms with Crippen LogP contribution in [0.25, 0.3) is 0 Å². The zero-order valence-electron chi connectivity index (χ0n) is 14.1. The maximum Gasteiger partial charge on any atom is 0.222 e. The summed E-state index contributed by atoms with van der Waals surface area (Å²) in [6.07, 6.45) is 0.620. The zero-order chi connectivity index (χ0) is 17.7. The number of nitrogens with one attached hydrogen (secondary N) is 1. The third kappa shape index (κ3) is 5.33. The number of carbonyl (C=O) groups is 2. The number of benzene rings is 1. The van der Waals surface area contributed by atoms with Crippen molar-refractivity contribution < 1.29 is 18.0 Å². The molecule has 1 saturated heterocycles. The van der Waals surface area contributed by atoms with E-state index >= 15 is 0 Å². The van der Waals surface area contributed by atoms with Gasteiger partial charge in [0.25, 0.3) is 0 Å². The van der Waals surface area contributed by atoms with E-state index in [0.717, 1.165) is 11.1 Å². The Bertz CT molecular complexity index is 715. The molecule has 2 amide bonds. The summed E-state index contributed by atoms with van der Waals surface area (Å²) in [7, 11) is -3.06. The summed E-state index contributed by atoms with van der Waals surface area (Å²) < 4.78 is 23.2. The second-order valence-corrected chi connectivity index (χ2v) is 8.51. The summed E-state index contributed by atoms with van der Waals surface area (Å²) in [5, 5.41) is 2.83. The molecule has 1 unspecified atom stereocenters. The Labute approximate surface area is 143 Å². The van der Waals surface area contributed by atoms with E-state index < -0.39 is 9.84 Å². The number of hydrogen-bond donors (Lipinski definition) is 1. The van der Waals surface area contributed by atoms with Gasteiger partial charge in [-0.1, -0.05) is 29.8 Å². The fourth-order valence-electron chi connectivity index (χ4n) is 2.95. The van der Waals surface area contributed by atoms with Gasteiger partial charge in [0, 0.05) is 32.5 Å². The van der Waals surface area contributed by atoms with Crippen molar-refractivity contribution in [2.45, 2.75) is 39.3 Å². The highest BCUT2D eigenvalue weighted by Crippen LogP contribution is 2.18. The Hall–Kier alpha value is -1.89. The Morgan fingerprint density at radius 1 is 1.33 bits per heavy atom. The van der Waals surface area contributed by atoms with Crippen molar-refractivity contribution in [2.75, 3.05) is 18.1 Å². The fourth-order valence-corrected chi connectivity index (χ4v) is 4.68. The quantitative estimate of drug-likeness (QED) is 0.829. The van der Waals surface area contributed by atoms with Crippen molar-refractivity contribution in [1.29, 1.82) is 0 Å². The maximum atomic E-state index is 12.0. The SMILES string of the molecule is CC(=O)N(CCC(=O)NCc1cccc(C)c1)C1CCS(=O)(=O)C1. The van der Waals surface area contributed by atoms with E-state index in [1.54, 1.807) is 0 Å². The lowest BCUT2D eigenvalue weighted by molar-refractivity contribution is -0.131. The molecule has 0 bridgehead atoms. The number of nitrogens with zero attached hydrogens (tertiary/aromatic N) is 1. The van der Waals surface area contributed by atoms with Crippen LogP contribution >= 0.6 is 0 Å². The van der Waals surface area contributed by atoms with Crippen LogP contribution in [0.5, 0.6) is 0 Å². The van der Waals surface area contributed by atoms with Crippen LogP contribution in [-0.2, 0) is 26.0 Å². The Morgan fingerprint density at radius 3 is 2.67 bits per heavy atom. The first-order chi connectivity index (χ1) is 11.3. The van der Waals surface area contributed by atoms with Gasteiger partial charge in [0.15, 0.2) is 9.84 Å². The zero-order valence-corrected chi connectivity index (χ0v) is 14.9. The lowest BCUT2D eigenvalue weighted by Gasteiger charge is -2.26. The first-order valence-electron chi connectivity index (χ1n) is 8.07. The second kappa shape index (κ2) is 7.79. The predicted octanol–water partition coefficient (Wildman–Crippen LogP) is 1.04. The van der Waals surface area contributed by atoms with Crippen LogP contribution in [0.3, 0.4) is 0 Å². The van der Waals surface area contributed by atoms with Crippen molar-refractivity contribution >= 4 is 21.7 Å². The summed E-state index contributed by atoms with van der Waals surface area (Å²) in [5.41, 5.74) is 2.15. The second-order valence-electron chi connectivity index (χ2n) is 6.29. The van der Waals surface area contributed by atoms with Crippen LogP contribution in [0.15, 0.2) is 24.3 Å². The molecular formula is C17H24N2O4S. The standard InChI is InChI=1S/C17H24N2O4S/c1-13-4-3-5-15(10-13)11-18-17(21)6-8-19(14(2)20)16-7-9-24(22,23)12-16/h3-5,10,16H,6-9,11-12H2,1-2H3,(H,18,21). The number of rotatable bonds is 6. The maximum absolute atomic E-state index is 12.0. The summed E-state index contributed by atoms with van der Waals surface area (Å²) in [5.74, 6) is -0.231. The number of sulfone groups is 1. The normalized spacial score (nSPS) is 19.0. The highest BCUT2D eigenvalue weighted by atomic mass is 32.2. The van der Waals surface area contributed by atoms with E-state index in [-0.39, 0.29) is 42.3 Å². The molecule has 1 heterocycles. The van der Waals surface area contributed by atoms with Crippen molar-refractivity contribution in [3.05, 3.63) is 35.4 Å². The third-order valence-electron chi connectivity index (χ3n) is 4.21. The largest absolute Gasteiger partial charge is 0.352 e. The van der Waals surface area contributed by atoms with Crippen molar-refractivity contribution in [3.8, 4) is 0 Å². The van der Waals surface area contributed by atoms with Gasteiger partial charge in [0.1, 0.15) is 0 Å². The summed E-state index contributed by atoms with van der Waals surface area (Å²) in [4.78, 5) is 25.3. The van der Waals surface area contributed by atoms with Crippen LogP contribution in [0.4, 0.5) is 0 Å². The molecule has 24 heavy (non-hydrogen) atoms. The monoisotopic (exact) mass is 352 g/mol. The van der Waals surface area contributed by atoms with Gasteiger partial charge in [-0.25, -0.2) is 8.42 Å². The van der Waals surface area contributed by atoms with Gasteiger partial charge >= 0.3 is 0 Å². The number of hydrogen-bond acceptors (Lipinski definition) is 4. The van der Waals surface area contributed by atoms with Crippen molar-refractivity contribution in [3.63, 3.8) is 0 Å². The van der Waals surface area contributed by atoms with Crippen molar-refractivity contribution in [2.24, 2.45) is 0 Å². The van der Waals surface area contributed by atoms with Crippen LogP contribution in [0, 0.1) is 6.92 Å². The number of amides is 2. The van der Waals surface area contributed by atoms with E-state index in [4.69, 9.17) is 0 Å². The highest BCUT2D eigenvalue weighted by Gasteiger charge is 2.33. The van der Waals surface area contributed by atoms with Gasteiger partial charge < -0.3 is 10.2 Å². The van der Waals surface area contributed by atoms with Gasteiger partial charge in [0.2, 0.25) is 11.8 Å². The molecule has 0 spiro atoms. The minimum absolute atomic E-state index is 0.00249. The molecule has 1 atom stereocenters. The Morgan fingerprint density at radius 2 is 2.08 bits per heavy atom. The first kappa shape index (κ1) is 18.4. The minimum atomic E-state index is -3.06. The minimum Gasteiger partial charge on any atom is -0.352 e.